The SMILES string of the molecule is Cc1cc(Cl)ccc1C(=O)C1CN2CCC1CC2. The largest absolute Gasteiger partial charge is 0.303 e. The molecule has 2 bridgehead atoms. The van der Waals surface area contributed by atoms with E-state index in [0.29, 0.717) is 16.7 Å². The average molecular weight is 264 g/mol. The highest BCUT2D eigenvalue weighted by Gasteiger charge is 2.38. The normalized spacial score (nSPS) is 30.4. The molecule has 3 fully saturated rings. The van der Waals surface area contributed by atoms with Crippen LogP contribution in [-0.4, -0.2) is 30.3 Å². The molecule has 3 saturated heterocycles. The summed E-state index contributed by atoms with van der Waals surface area (Å²) in [5, 5.41) is 0.706. The molecule has 3 aliphatic rings. The van der Waals surface area contributed by atoms with Crippen molar-refractivity contribution in [1.82, 2.24) is 4.90 Å². The number of nitrogens with zero attached hydrogens (tertiary/aromatic N) is 1. The Morgan fingerprint density at radius 2 is 2.06 bits per heavy atom. The molecule has 1 unspecified atom stereocenters. The van der Waals surface area contributed by atoms with Crippen molar-refractivity contribution in [3.63, 3.8) is 0 Å². The van der Waals surface area contributed by atoms with Crippen LogP contribution in [0, 0.1) is 18.8 Å². The lowest BCUT2D eigenvalue weighted by Gasteiger charge is -2.44. The van der Waals surface area contributed by atoms with Crippen molar-refractivity contribution in [2.45, 2.75) is 19.8 Å². The molecular weight excluding hydrogens is 246 g/mol. The molecule has 0 radical (unpaired) electrons. The summed E-state index contributed by atoms with van der Waals surface area (Å²) in [5.74, 6) is 1.11. The van der Waals surface area contributed by atoms with Gasteiger partial charge in [-0.15, -0.1) is 0 Å². The Balaban J connectivity index is 1.86. The average Bonchev–Trinajstić information content (AvgIpc) is 2.39. The van der Waals surface area contributed by atoms with Crippen molar-refractivity contribution >= 4 is 17.4 Å². The first-order valence-corrected chi connectivity index (χ1v) is 7.05. The summed E-state index contributed by atoms with van der Waals surface area (Å²) in [6, 6.07) is 5.59. The lowest BCUT2D eigenvalue weighted by molar-refractivity contribution is 0.0418. The van der Waals surface area contributed by atoms with Crippen LogP contribution in [0.2, 0.25) is 5.02 Å². The van der Waals surface area contributed by atoms with Crippen LogP contribution in [-0.2, 0) is 0 Å². The maximum Gasteiger partial charge on any atom is 0.167 e. The molecule has 0 saturated carbocycles. The minimum Gasteiger partial charge on any atom is -0.303 e. The Hall–Kier alpha value is -0.860. The second-order valence-corrected chi connectivity index (χ2v) is 6.00. The van der Waals surface area contributed by atoms with Gasteiger partial charge in [-0.05, 0) is 62.5 Å². The zero-order valence-corrected chi connectivity index (χ0v) is 11.4. The summed E-state index contributed by atoms with van der Waals surface area (Å²) in [6.07, 6.45) is 2.37. The third-order valence-electron chi connectivity index (χ3n) is 4.45. The molecule has 4 rings (SSSR count). The van der Waals surface area contributed by atoms with E-state index < -0.39 is 0 Å². The van der Waals surface area contributed by atoms with Crippen LogP contribution in [0.1, 0.15) is 28.8 Å². The van der Waals surface area contributed by atoms with Gasteiger partial charge < -0.3 is 4.90 Å². The van der Waals surface area contributed by atoms with Crippen LogP contribution < -0.4 is 0 Å². The van der Waals surface area contributed by atoms with Gasteiger partial charge in [0.15, 0.2) is 5.78 Å². The van der Waals surface area contributed by atoms with Crippen molar-refractivity contribution in [3.8, 4) is 0 Å². The Morgan fingerprint density at radius 3 is 2.61 bits per heavy atom. The Bertz CT molecular complexity index is 477. The molecule has 96 valence electrons. The summed E-state index contributed by atoms with van der Waals surface area (Å²) in [4.78, 5) is 15.1. The van der Waals surface area contributed by atoms with Crippen LogP contribution in [0.5, 0.6) is 0 Å². The van der Waals surface area contributed by atoms with Gasteiger partial charge >= 0.3 is 0 Å². The topological polar surface area (TPSA) is 20.3 Å². The van der Waals surface area contributed by atoms with Crippen LogP contribution in [0.25, 0.3) is 0 Å². The highest BCUT2D eigenvalue weighted by Crippen LogP contribution is 2.35. The molecule has 3 heteroatoms. The molecule has 0 aromatic heterocycles. The fourth-order valence-electron chi connectivity index (χ4n) is 3.37. The first kappa shape index (κ1) is 12.2. The van der Waals surface area contributed by atoms with Gasteiger partial charge in [-0.2, -0.15) is 0 Å². The number of carbonyl (C=O) groups excluding carboxylic acids is 1. The van der Waals surface area contributed by atoms with Gasteiger partial charge in [0.2, 0.25) is 0 Å². The van der Waals surface area contributed by atoms with Crippen molar-refractivity contribution in [3.05, 3.63) is 34.3 Å². The summed E-state index contributed by atoms with van der Waals surface area (Å²) < 4.78 is 0. The lowest BCUT2D eigenvalue weighted by atomic mass is 9.75. The van der Waals surface area contributed by atoms with E-state index in [9.17, 15) is 4.79 Å². The number of aryl methyl sites for hydroxylation is 1. The van der Waals surface area contributed by atoms with Gasteiger partial charge in [0, 0.05) is 23.0 Å². The number of piperidine rings is 3. The molecular formula is C15H18ClNO. The molecule has 1 aromatic carbocycles. The lowest BCUT2D eigenvalue weighted by Crippen LogP contribution is -2.50. The highest BCUT2D eigenvalue weighted by molar-refractivity contribution is 6.30. The van der Waals surface area contributed by atoms with Gasteiger partial charge in [-0.3, -0.25) is 4.79 Å². The third kappa shape index (κ3) is 2.08. The molecule has 3 aliphatic heterocycles. The zero-order chi connectivity index (χ0) is 12.7. The summed E-state index contributed by atoms with van der Waals surface area (Å²) in [6.45, 7) is 5.27. The minimum atomic E-state index is 0.201. The smallest absolute Gasteiger partial charge is 0.167 e. The molecule has 1 atom stereocenters. The molecule has 0 amide bonds. The van der Waals surface area contributed by atoms with Crippen molar-refractivity contribution < 1.29 is 4.79 Å². The van der Waals surface area contributed by atoms with Crippen molar-refractivity contribution in [2.24, 2.45) is 11.8 Å². The van der Waals surface area contributed by atoms with E-state index in [1.807, 2.05) is 25.1 Å². The predicted octanol–water partition coefficient (Wildman–Crippen LogP) is 3.17. The fraction of sp³-hybridized carbons (Fsp3) is 0.533. The third-order valence-corrected chi connectivity index (χ3v) is 4.68. The zero-order valence-electron chi connectivity index (χ0n) is 10.7. The van der Waals surface area contributed by atoms with Gasteiger partial charge in [-0.1, -0.05) is 11.6 Å². The number of halogens is 1. The van der Waals surface area contributed by atoms with Gasteiger partial charge in [-0.25, -0.2) is 0 Å². The van der Waals surface area contributed by atoms with Gasteiger partial charge in [0.1, 0.15) is 0 Å². The van der Waals surface area contributed by atoms with E-state index in [1.54, 1.807) is 0 Å². The number of rotatable bonds is 2. The monoisotopic (exact) mass is 263 g/mol. The van der Waals surface area contributed by atoms with E-state index in [1.165, 1.54) is 25.9 Å². The number of ketones is 1. The van der Waals surface area contributed by atoms with Crippen LogP contribution in [0.15, 0.2) is 18.2 Å². The highest BCUT2D eigenvalue weighted by atomic mass is 35.5. The predicted molar refractivity (Wildman–Crippen MR) is 73.2 cm³/mol. The van der Waals surface area contributed by atoms with E-state index in [0.717, 1.165) is 17.7 Å². The second kappa shape index (κ2) is 4.67. The first-order valence-electron chi connectivity index (χ1n) is 6.68. The Kier molecular flexibility index (Phi) is 3.16. The number of carbonyl (C=O) groups is 1. The quantitative estimate of drug-likeness (QED) is 0.764. The van der Waals surface area contributed by atoms with E-state index in [2.05, 4.69) is 4.90 Å². The van der Waals surface area contributed by atoms with E-state index in [-0.39, 0.29) is 5.92 Å². The van der Waals surface area contributed by atoms with Crippen LogP contribution in [0.4, 0.5) is 0 Å². The number of hydrogen-bond acceptors (Lipinski definition) is 2. The molecule has 18 heavy (non-hydrogen) atoms. The molecule has 0 spiro atoms. The second-order valence-electron chi connectivity index (χ2n) is 5.57. The fourth-order valence-corrected chi connectivity index (χ4v) is 3.59. The summed E-state index contributed by atoms with van der Waals surface area (Å²) >= 11 is 5.95. The number of benzene rings is 1. The minimum absolute atomic E-state index is 0.201. The van der Waals surface area contributed by atoms with Crippen molar-refractivity contribution in [1.29, 1.82) is 0 Å². The molecule has 3 heterocycles. The maximum absolute atomic E-state index is 12.7. The molecule has 1 aromatic rings. The van der Waals surface area contributed by atoms with Gasteiger partial charge in [0.05, 0.1) is 0 Å². The number of Topliss-reactive ketones (excluding diaryl/α,β-unsaturated/α-hetero) is 1. The number of fused-ring (bicyclic) bond motifs is 3. The molecule has 2 nitrogen and oxygen atoms in total. The number of hydrogen-bond donors (Lipinski definition) is 0. The maximum atomic E-state index is 12.7. The van der Waals surface area contributed by atoms with Crippen LogP contribution in [0.3, 0.4) is 0 Å². The van der Waals surface area contributed by atoms with Gasteiger partial charge in [0.25, 0.3) is 0 Å². The molecule has 0 N–H and O–H groups in total. The van der Waals surface area contributed by atoms with E-state index >= 15 is 0 Å². The standard InChI is InChI=1S/C15H18ClNO/c1-10-8-12(16)2-3-13(10)15(18)14-9-17-6-4-11(14)5-7-17/h2-3,8,11,14H,4-7,9H2,1H3. The van der Waals surface area contributed by atoms with E-state index in [4.69, 9.17) is 11.6 Å². The first-order chi connectivity index (χ1) is 8.65. The molecule has 0 aliphatic carbocycles. The van der Waals surface area contributed by atoms with Crippen molar-refractivity contribution in [2.75, 3.05) is 19.6 Å². The Labute approximate surface area is 113 Å². The van der Waals surface area contributed by atoms with Crippen LogP contribution >= 0.6 is 11.6 Å². The summed E-state index contributed by atoms with van der Waals surface area (Å²) in [7, 11) is 0. The Morgan fingerprint density at radius 1 is 1.33 bits per heavy atom. The summed E-state index contributed by atoms with van der Waals surface area (Å²) in [5.41, 5.74) is 1.86.